The zero-order chi connectivity index (χ0) is 12.8. The second kappa shape index (κ2) is 8.77. The summed E-state index contributed by atoms with van der Waals surface area (Å²) in [6, 6.07) is 0.372. The lowest BCUT2D eigenvalue weighted by Gasteiger charge is -2.14. The Kier molecular flexibility index (Phi) is 8.65. The van der Waals surface area contributed by atoms with Crippen LogP contribution in [0.15, 0.2) is 4.52 Å². The van der Waals surface area contributed by atoms with Crippen molar-refractivity contribution in [3.63, 3.8) is 0 Å². The standard InChI is InChI=1S/C12H23N3OS.ClH/c1-6-17-11(8(2)3)12-14-10(15-16-12)7-9(4)13-5;/h8-9,11,13H,6-7H2,1-5H3;1H. The topological polar surface area (TPSA) is 51.0 Å². The Hall–Kier alpha value is -0.260. The Morgan fingerprint density at radius 3 is 2.50 bits per heavy atom. The van der Waals surface area contributed by atoms with Gasteiger partial charge in [0.2, 0.25) is 5.89 Å². The predicted molar refractivity (Wildman–Crippen MR) is 79.5 cm³/mol. The van der Waals surface area contributed by atoms with Crippen molar-refractivity contribution in [3.8, 4) is 0 Å². The van der Waals surface area contributed by atoms with Gasteiger partial charge in [-0.2, -0.15) is 4.98 Å². The number of rotatable bonds is 7. The normalized spacial score (nSPS) is 14.3. The van der Waals surface area contributed by atoms with E-state index in [4.69, 9.17) is 4.52 Å². The maximum Gasteiger partial charge on any atom is 0.240 e. The van der Waals surface area contributed by atoms with E-state index >= 15 is 0 Å². The van der Waals surface area contributed by atoms with E-state index in [2.05, 4.69) is 43.2 Å². The van der Waals surface area contributed by atoms with Gasteiger partial charge in [-0.3, -0.25) is 0 Å². The van der Waals surface area contributed by atoms with E-state index in [0.29, 0.717) is 17.2 Å². The van der Waals surface area contributed by atoms with Crippen LogP contribution in [-0.4, -0.2) is 29.0 Å². The molecule has 0 bridgehead atoms. The van der Waals surface area contributed by atoms with Crippen LogP contribution in [0.25, 0.3) is 0 Å². The van der Waals surface area contributed by atoms with Gasteiger partial charge in [-0.15, -0.1) is 24.2 Å². The van der Waals surface area contributed by atoms with Gasteiger partial charge in [0.1, 0.15) is 0 Å². The summed E-state index contributed by atoms with van der Waals surface area (Å²) in [6.07, 6.45) is 0.807. The third-order valence-corrected chi connectivity index (χ3v) is 4.10. The summed E-state index contributed by atoms with van der Waals surface area (Å²) in [4.78, 5) is 4.50. The van der Waals surface area contributed by atoms with E-state index in [1.54, 1.807) is 0 Å². The predicted octanol–water partition coefficient (Wildman–Crippen LogP) is 3.09. The summed E-state index contributed by atoms with van der Waals surface area (Å²) in [5.41, 5.74) is 0. The lowest BCUT2D eigenvalue weighted by molar-refractivity contribution is 0.354. The Morgan fingerprint density at radius 2 is 2.00 bits per heavy atom. The first kappa shape index (κ1) is 17.7. The maximum absolute atomic E-state index is 5.38. The molecule has 0 aromatic carbocycles. The fraction of sp³-hybridized carbons (Fsp3) is 0.833. The van der Waals surface area contributed by atoms with Gasteiger partial charge in [-0.25, -0.2) is 0 Å². The molecule has 0 aliphatic carbocycles. The molecule has 0 radical (unpaired) electrons. The minimum Gasteiger partial charge on any atom is -0.338 e. The highest BCUT2D eigenvalue weighted by molar-refractivity contribution is 7.99. The lowest BCUT2D eigenvalue weighted by Crippen LogP contribution is -2.24. The molecule has 1 heterocycles. The van der Waals surface area contributed by atoms with Gasteiger partial charge in [0.15, 0.2) is 5.82 Å². The average molecular weight is 294 g/mol. The molecule has 4 nitrogen and oxygen atoms in total. The number of thioether (sulfide) groups is 1. The van der Waals surface area contributed by atoms with Crippen molar-refractivity contribution in [2.45, 2.75) is 45.4 Å². The first-order valence-electron chi connectivity index (χ1n) is 6.19. The molecule has 1 rings (SSSR count). The van der Waals surface area contributed by atoms with E-state index in [-0.39, 0.29) is 12.4 Å². The second-order valence-corrected chi connectivity index (χ2v) is 5.98. The highest BCUT2D eigenvalue weighted by Gasteiger charge is 2.22. The van der Waals surface area contributed by atoms with Crippen molar-refractivity contribution in [2.24, 2.45) is 5.92 Å². The van der Waals surface area contributed by atoms with E-state index in [9.17, 15) is 0 Å². The summed E-state index contributed by atoms with van der Waals surface area (Å²) in [5.74, 6) is 3.14. The van der Waals surface area contributed by atoms with E-state index in [1.807, 2.05) is 18.8 Å². The van der Waals surface area contributed by atoms with Crippen LogP contribution >= 0.6 is 24.2 Å². The molecule has 1 aromatic rings. The SMILES string of the molecule is CCSC(c1nc(CC(C)NC)no1)C(C)C.Cl. The molecule has 0 spiro atoms. The van der Waals surface area contributed by atoms with Crippen LogP contribution in [-0.2, 0) is 6.42 Å². The molecule has 2 atom stereocenters. The van der Waals surface area contributed by atoms with Gasteiger partial charge in [0.05, 0.1) is 5.25 Å². The van der Waals surface area contributed by atoms with Crippen LogP contribution < -0.4 is 5.32 Å². The van der Waals surface area contributed by atoms with E-state index < -0.39 is 0 Å². The first-order valence-corrected chi connectivity index (χ1v) is 7.24. The van der Waals surface area contributed by atoms with Gasteiger partial charge >= 0.3 is 0 Å². The molecule has 0 saturated carbocycles. The van der Waals surface area contributed by atoms with Crippen molar-refractivity contribution >= 4 is 24.2 Å². The zero-order valence-electron chi connectivity index (χ0n) is 11.8. The zero-order valence-corrected chi connectivity index (χ0v) is 13.4. The number of halogens is 1. The number of hydrogen-bond acceptors (Lipinski definition) is 5. The summed E-state index contributed by atoms with van der Waals surface area (Å²) < 4.78 is 5.38. The lowest BCUT2D eigenvalue weighted by atomic mass is 10.1. The molecular formula is C12H24ClN3OS. The molecule has 1 N–H and O–H groups in total. The van der Waals surface area contributed by atoms with Crippen LogP contribution in [0.4, 0.5) is 0 Å². The molecule has 6 heteroatoms. The molecule has 0 aliphatic rings. The van der Waals surface area contributed by atoms with Crippen LogP contribution in [0.1, 0.15) is 44.7 Å². The quantitative estimate of drug-likeness (QED) is 0.837. The van der Waals surface area contributed by atoms with Crippen LogP contribution in [0.2, 0.25) is 0 Å². The van der Waals surface area contributed by atoms with Crippen molar-refractivity contribution in [3.05, 3.63) is 11.7 Å². The van der Waals surface area contributed by atoms with Crippen molar-refractivity contribution in [1.29, 1.82) is 0 Å². The molecule has 0 fully saturated rings. The van der Waals surface area contributed by atoms with Crippen molar-refractivity contribution in [2.75, 3.05) is 12.8 Å². The molecule has 0 amide bonds. The average Bonchev–Trinajstić information content (AvgIpc) is 2.73. The van der Waals surface area contributed by atoms with Crippen molar-refractivity contribution < 1.29 is 4.52 Å². The minimum atomic E-state index is 0. The third-order valence-electron chi connectivity index (χ3n) is 2.66. The smallest absolute Gasteiger partial charge is 0.240 e. The van der Waals surface area contributed by atoms with Crippen molar-refractivity contribution in [1.82, 2.24) is 15.5 Å². The summed E-state index contributed by atoms with van der Waals surface area (Å²) in [6.45, 7) is 8.64. The van der Waals surface area contributed by atoms with Crippen LogP contribution in [0.5, 0.6) is 0 Å². The highest BCUT2D eigenvalue weighted by atomic mass is 35.5. The van der Waals surface area contributed by atoms with Gasteiger partial charge in [-0.1, -0.05) is 25.9 Å². The molecule has 106 valence electrons. The summed E-state index contributed by atoms with van der Waals surface area (Å²) in [7, 11) is 1.94. The Labute approximate surface area is 120 Å². The van der Waals surface area contributed by atoms with Gasteiger partial charge < -0.3 is 9.84 Å². The van der Waals surface area contributed by atoms with Gasteiger partial charge in [-0.05, 0) is 25.6 Å². The summed E-state index contributed by atoms with van der Waals surface area (Å²) >= 11 is 1.86. The number of nitrogens with one attached hydrogen (secondary N) is 1. The monoisotopic (exact) mass is 293 g/mol. The van der Waals surface area contributed by atoms with Gasteiger partial charge in [0, 0.05) is 12.5 Å². The largest absolute Gasteiger partial charge is 0.338 e. The first-order chi connectivity index (χ1) is 8.08. The van der Waals surface area contributed by atoms with E-state index in [0.717, 1.165) is 23.9 Å². The number of likely N-dealkylation sites (N-methyl/N-ethyl adjacent to an activating group) is 1. The number of hydrogen-bond donors (Lipinski definition) is 1. The molecule has 0 saturated heterocycles. The maximum atomic E-state index is 5.38. The van der Waals surface area contributed by atoms with E-state index in [1.165, 1.54) is 0 Å². The molecule has 0 aliphatic heterocycles. The molecule has 2 unspecified atom stereocenters. The fourth-order valence-electron chi connectivity index (χ4n) is 1.57. The molecule has 18 heavy (non-hydrogen) atoms. The molecule has 1 aromatic heterocycles. The van der Waals surface area contributed by atoms with Gasteiger partial charge in [0.25, 0.3) is 0 Å². The second-order valence-electron chi connectivity index (χ2n) is 4.56. The fourth-order valence-corrected chi connectivity index (χ4v) is 2.55. The minimum absolute atomic E-state index is 0. The summed E-state index contributed by atoms with van der Waals surface area (Å²) in [5, 5.41) is 7.53. The third kappa shape index (κ3) is 5.16. The van der Waals surface area contributed by atoms with Crippen LogP contribution in [0, 0.1) is 5.92 Å². The Balaban J connectivity index is 0.00000289. The number of nitrogens with zero attached hydrogens (tertiary/aromatic N) is 2. The molecular weight excluding hydrogens is 270 g/mol. The Bertz CT molecular complexity index is 333. The van der Waals surface area contributed by atoms with Crippen LogP contribution in [0.3, 0.4) is 0 Å². The Morgan fingerprint density at radius 1 is 1.33 bits per heavy atom. The number of aromatic nitrogens is 2. The highest BCUT2D eigenvalue weighted by Crippen LogP contribution is 2.34.